The van der Waals surface area contributed by atoms with Crippen molar-refractivity contribution in [3.63, 3.8) is 0 Å². The number of sulfonamides is 1. The molecule has 0 spiro atoms. The highest BCUT2D eigenvalue weighted by Gasteiger charge is 2.31. The highest BCUT2D eigenvalue weighted by Crippen LogP contribution is 2.33. The number of rotatable bonds is 7. The number of aryl methyl sites for hydroxylation is 2. The Morgan fingerprint density at radius 3 is 2.41 bits per heavy atom. The third kappa shape index (κ3) is 6.09. The zero-order valence-electron chi connectivity index (χ0n) is 23.1. The van der Waals surface area contributed by atoms with Crippen LogP contribution >= 0.6 is 11.3 Å². The monoisotopic (exact) mass is 593 g/mol. The van der Waals surface area contributed by atoms with Crippen molar-refractivity contribution in [3.05, 3.63) is 83.2 Å². The first-order chi connectivity index (χ1) is 19.7. The molecule has 2 amide bonds. The van der Waals surface area contributed by atoms with Crippen molar-refractivity contribution in [1.82, 2.24) is 19.2 Å². The summed E-state index contributed by atoms with van der Waals surface area (Å²) in [5, 5.41) is 0.542. The van der Waals surface area contributed by atoms with Crippen molar-refractivity contribution >= 4 is 48.7 Å². The number of thiazole rings is 1. The molecule has 0 aliphatic carbocycles. The third-order valence-electron chi connectivity index (χ3n) is 6.84. The molecule has 0 unspecified atom stereocenters. The number of carbonyl (C=O) groups is 2. The molecule has 5 rings (SSSR count). The maximum Gasteiger partial charge on any atom is 0.409 e. The van der Waals surface area contributed by atoms with Crippen LogP contribution in [-0.4, -0.2) is 72.4 Å². The number of hydrogen-bond acceptors (Lipinski definition) is 8. The van der Waals surface area contributed by atoms with Gasteiger partial charge in [-0.1, -0.05) is 23.5 Å². The summed E-state index contributed by atoms with van der Waals surface area (Å²) in [7, 11) is -3.80. The van der Waals surface area contributed by atoms with Gasteiger partial charge in [0.15, 0.2) is 5.13 Å². The second kappa shape index (κ2) is 11.9. The van der Waals surface area contributed by atoms with Gasteiger partial charge in [0.05, 0.1) is 34.0 Å². The lowest BCUT2D eigenvalue weighted by Gasteiger charge is -2.33. The normalized spacial score (nSPS) is 14.3. The molecule has 1 saturated heterocycles. The number of nitrogens with zero attached hydrogens (tertiary/aromatic N) is 5. The fraction of sp³-hybridized carbons (Fsp3) is 0.310. The number of benzene rings is 2. The Bertz CT molecular complexity index is 1670. The molecule has 0 N–H and O–H groups in total. The van der Waals surface area contributed by atoms with Gasteiger partial charge < -0.3 is 9.64 Å². The molecule has 0 radical (unpaired) electrons. The molecule has 2 aromatic carbocycles. The topological polar surface area (TPSA) is 113 Å². The van der Waals surface area contributed by atoms with E-state index in [-0.39, 0.29) is 50.1 Å². The van der Waals surface area contributed by atoms with Crippen LogP contribution < -0.4 is 4.90 Å². The third-order valence-corrected chi connectivity index (χ3v) is 9.78. The number of fused-ring (bicyclic) bond motifs is 1. The Morgan fingerprint density at radius 2 is 1.76 bits per heavy atom. The van der Waals surface area contributed by atoms with Crippen LogP contribution in [0.1, 0.15) is 34.1 Å². The fourth-order valence-electron chi connectivity index (χ4n) is 4.75. The maximum atomic E-state index is 13.8. The van der Waals surface area contributed by atoms with Crippen LogP contribution in [0.25, 0.3) is 10.2 Å². The summed E-state index contributed by atoms with van der Waals surface area (Å²) in [6, 6.07) is 15.6. The van der Waals surface area contributed by atoms with Gasteiger partial charge in [-0.3, -0.25) is 14.7 Å². The molecule has 4 aromatic rings. The molecule has 41 heavy (non-hydrogen) atoms. The standard InChI is InChI=1S/C29H31N5O5S2/c1-4-39-29(36)32-13-15-33(16-14-32)41(37,38)24-10-8-22(9-11-24)27(35)34(19-23-7-5-6-12-30-23)28-31-26-21(3)17-20(2)18-25(26)40-28/h5-12,17-18H,4,13-16,19H2,1-3H3. The van der Waals surface area contributed by atoms with Gasteiger partial charge >= 0.3 is 6.09 Å². The molecule has 2 aromatic heterocycles. The minimum Gasteiger partial charge on any atom is -0.450 e. The second-order valence-electron chi connectivity index (χ2n) is 9.75. The van der Waals surface area contributed by atoms with Crippen LogP contribution in [0.3, 0.4) is 0 Å². The Kier molecular flexibility index (Phi) is 8.34. The molecular weight excluding hydrogens is 562 g/mol. The summed E-state index contributed by atoms with van der Waals surface area (Å²) in [5.74, 6) is -0.309. The number of hydrogen-bond donors (Lipinski definition) is 0. The number of pyridine rings is 1. The average molecular weight is 594 g/mol. The lowest BCUT2D eigenvalue weighted by Crippen LogP contribution is -2.50. The predicted octanol–water partition coefficient (Wildman–Crippen LogP) is 4.62. The summed E-state index contributed by atoms with van der Waals surface area (Å²) in [6.45, 7) is 7.05. The zero-order valence-corrected chi connectivity index (χ0v) is 24.7. The van der Waals surface area contributed by atoms with Crippen LogP contribution in [0, 0.1) is 13.8 Å². The Morgan fingerprint density at radius 1 is 1.02 bits per heavy atom. The molecule has 0 bridgehead atoms. The predicted molar refractivity (Wildman–Crippen MR) is 158 cm³/mol. The van der Waals surface area contributed by atoms with Gasteiger partial charge in [-0.05, 0) is 74.4 Å². The van der Waals surface area contributed by atoms with Gasteiger partial charge in [-0.15, -0.1) is 0 Å². The van der Waals surface area contributed by atoms with Crippen molar-refractivity contribution in [2.75, 3.05) is 37.7 Å². The van der Waals surface area contributed by atoms with Crippen LogP contribution in [0.2, 0.25) is 0 Å². The number of piperazine rings is 1. The molecular formula is C29H31N5O5S2. The summed E-state index contributed by atoms with van der Waals surface area (Å²) in [6.07, 6.45) is 1.23. The number of carbonyl (C=O) groups excluding carboxylic acids is 2. The molecule has 1 fully saturated rings. The van der Waals surface area contributed by atoms with E-state index in [1.54, 1.807) is 18.0 Å². The van der Waals surface area contributed by atoms with Gasteiger partial charge in [0.25, 0.3) is 5.91 Å². The Hall–Kier alpha value is -3.87. The summed E-state index contributed by atoms with van der Waals surface area (Å²) in [5.41, 5.74) is 4.03. The van der Waals surface area contributed by atoms with Crippen molar-refractivity contribution in [1.29, 1.82) is 0 Å². The smallest absolute Gasteiger partial charge is 0.409 e. The Balaban J connectivity index is 1.39. The molecule has 3 heterocycles. The zero-order chi connectivity index (χ0) is 29.1. The largest absolute Gasteiger partial charge is 0.450 e. The average Bonchev–Trinajstić information content (AvgIpc) is 3.40. The quantitative estimate of drug-likeness (QED) is 0.307. The molecule has 0 saturated carbocycles. The molecule has 12 heteroatoms. The molecule has 1 aliphatic heterocycles. The summed E-state index contributed by atoms with van der Waals surface area (Å²) < 4.78 is 34.0. The van der Waals surface area contributed by atoms with E-state index >= 15 is 0 Å². The van der Waals surface area contributed by atoms with Gasteiger partial charge in [-0.2, -0.15) is 4.31 Å². The SMILES string of the molecule is CCOC(=O)N1CCN(S(=O)(=O)c2ccc(C(=O)N(Cc3ccccn3)c3nc4c(C)cc(C)cc4s3)cc2)CC1. The van der Waals surface area contributed by atoms with Crippen LogP contribution in [0.4, 0.5) is 9.93 Å². The van der Waals surface area contributed by atoms with Crippen LogP contribution in [0.15, 0.2) is 65.7 Å². The lowest BCUT2D eigenvalue weighted by molar-refractivity contribution is 0.0933. The summed E-state index contributed by atoms with van der Waals surface area (Å²) in [4.78, 5) is 38.2. The van der Waals surface area contributed by atoms with E-state index in [9.17, 15) is 18.0 Å². The first kappa shape index (κ1) is 28.7. The van der Waals surface area contributed by atoms with Gasteiger partial charge in [-0.25, -0.2) is 18.2 Å². The minimum absolute atomic E-state index is 0.0843. The van der Waals surface area contributed by atoms with Crippen LogP contribution in [0.5, 0.6) is 0 Å². The van der Waals surface area contributed by atoms with Crippen LogP contribution in [-0.2, 0) is 21.3 Å². The number of aromatic nitrogens is 2. The van der Waals surface area contributed by atoms with E-state index in [1.165, 1.54) is 44.8 Å². The van der Waals surface area contributed by atoms with Crippen molar-refractivity contribution in [2.24, 2.45) is 0 Å². The first-order valence-corrected chi connectivity index (χ1v) is 15.5. The molecule has 214 valence electrons. The first-order valence-electron chi connectivity index (χ1n) is 13.3. The molecule has 1 aliphatic rings. The fourth-order valence-corrected chi connectivity index (χ4v) is 7.32. The van der Waals surface area contributed by atoms with E-state index in [0.717, 1.165) is 21.3 Å². The second-order valence-corrected chi connectivity index (χ2v) is 12.7. The van der Waals surface area contributed by atoms with Crippen molar-refractivity contribution in [2.45, 2.75) is 32.2 Å². The van der Waals surface area contributed by atoms with Gasteiger partial charge in [0, 0.05) is 37.9 Å². The van der Waals surface area contributed by atoms with Crippen molar-refractivity contribution in [3.8, 4) is 0 Å². The highest BCUT2D eigenvalue weighted by molar-refractivity contribution is 7.89. The number of ether oxygens (including phenoxy) is 1. The molecule has 0 atom stereocenters. The summed E-state index contributed by atoms with van der Waals surface area (Å²) >= 11 is 1.43. The number of anilines is 1. The van der Waals surface area contributed by atoms with E-state index in [1.807, 2.05) is 32.0 Å². The van der Waals surface area contributed by atoms with Gasteiger partial charge in [0.2, 0.25) is 10.0 Å². The van der Waals surface area contributed by atoms with E-state index in [4.69, 9.17) is 9.72 Å². The highest BCUT2D eigenvalue weighted by atomic mass is 32.2. The minimum atomic E-state index is -3.80. The van der Waals surface area contributed by atoms with Gasteiger partial charge in [0.1, 0.15) is 0 Å². The van der Waals surface area contributed by atoms with E-state index < -0.39 is 16.1 Å². The van der Waals surface area contributed by atoms with E-state index in [2.05, 4.69) is 17.1 Å². The lowest BCUT2D eigenvalue weighted by atomic mass is 10.1. The van der Waals surface area contributed by atoms with Crippen molar-refractivity contribution < 1.29 is 22.7 Å². The maximum absolute atomic E-state index is 13.8. The Labute approximate surface area is 243 Å². The molecule has 10 nitrogen and oxygen atoms in total. The van der Waals surface area contributed by atoms with E-state index in [0.29, 0.717) is 16.4 Å². The number of amides is 2.